The molecule has 0 radical (unpaired) electrons. The Balaban J connectivity index is 1.61. The molecule has 3 rings (SSSR count). The molecular weight excluding hydrogens is 425 g/mol. The lowest BCUT2D eigenvalue weighted by molar-refractivity contribution is -0.274. The maximum Gasteiger partial charge on any atom is 0.573 e. The van der Waals surface area contributed by atoms with E-state index in [1.54, 1.807) is 29.2 Å². The van der Waals surface area contributed by atoms with E-state index in [1.807, 2.05) is 13.8 Å². The van der Waals surface area contributed by atoms with Gasteiger partial charge in [-0.3, -0.25) is 9.59 Å². The van der Waals surface area contributed by atoms with Gasteiger partial charge in [0.05, 0.1) is 5.69 Å². The number of carbonyl (C=O) groups is 2. The van der Waals surface area contributed by atoms with Gasteiger partial charge in [0.25, 0.3) is 0 Å². The maximum absolute atomic E-state index is 12.8. The number of piperidine rings is 1. The van der Waals surface area contributed by atoms with Gasteiger partial charge in [0, 0.05) is 24.9 Å². The number of rotatable bonds is 6. The topological polar surface area (TPSA) is 67.9 Å². The molecule has 1 fully saturated rings. The number of amides is 2. The molecule has 2 amide bonds. The molecule has 0 aromatic heterocycles. The molecule has 1 aliphatic rings. The Morgan fingerprint density at radius 2 is 1.59 bits per heavy atom. The van der Waals surface area contributed by atoms with Crippen LogP contribution in [0.1, 0.15) is 26.7 Å². The number of benzene rings is 2. The number of ether oxygens (including phenoxy) is 2. The number of anilines is 1. The lowest BCUT2D eigenvalue weighted by Gasteiger charge is -2.32. The third-order valence-corrected chi connectivity index (χ3v) is 5.10. The Morgan fingerprint density at radius 1 is 1.00 bits per heavy atom. The molecule has 1 heterocycles. The average molecular weight is 450 g/mol. The number of hydrogen-bond acceptors (Lipinski definition) is 4. The molecule has 0 spiro atoms. The van der Waals surface area contributed by atoms with Crippen LogP contribution in [0.5, 0.6) is 17.2 Å². The number of halogens is 3. The zero-order valence-corrected chi connectivity index (χ0v) is 17.8. The molecule has 0 unspecified atom stereocenters. The van der Waals surface area contributed by atoms with Crippen molar-refractivity contribution in [3.05, 3.63) is 48.5 Å². The van der Waals surface area contributed by atoms with E-state index in [4.69, 9.17) is 4.74 Å². The Kier molecular flexibility index (Phi) is 7.27. The number of nitrogens with zero attached hydrogens (tertiary/aromatic N) is 1. The van der Waals surface area contributed by atoms with Crippen LogP contribution in [0.4, 0.5) is 18.9 Å². The maximum atomic E-state index is 12.8. The minimum absolute atomic E-state index is 0.0708. The Hall–Kier alpha value is -3.23. The van der Waals surface area contributed by atoms with Crippen molar-refractivity contribution in [3.63, 3.8) is 0 Å². The van der Waals surface area contributed by atoms with Crippen LogP contribution < -0.4 is 14.8 Å². The van der Waals surface area contributed by atoms with Crippen LogP contribution in [0.15, 0.2) is 48.5 Å². The van der Waals surface area contributed by atoms with Gasteiger partial charge in [-0.25, -0.2) is 0 Å². The van der Waals surface area contributed by atoms with Gasteiger partial charge < -0.3 is 19.7 Å². The second-order valence-electron chi connectivity index (χ2n) is 7.86. The number of nitrogens with one attached hydrogen (secondary N) is 1. The summed E-state index contributed by atoms with van der Waals surface area (Å²) in [6.07, 6.45) is -3.61. The van der Waals surface area contributed by atoms with E-state index in [-0.39, 0.29) is 29.4 Å². The van der Waals surface area contributed by atoms with Gasteiger partial charge >= 0.3 is 6.36 Å². The summed E-state index contributed by atoms with van der Waals surface area (Å²) in [6.45, 7) is 4.79. The van der Waals surface area contributed by atoms with E-state index in [1.165, 1.54) is 12.1 Å². The van der Waals surface area contributed by atoms with Crippen molar-refractivity contribution < 1.29 is 32.2 Å². The summed E-state index contributed by atoms with van der Waals surface area (Å²) < 4.78 is 46.5. The predicted molar refractivity (Wildman–Crippen MR) is 112 cm³/mol. The van der Waals surface area contributed by atoms with Crippen LogP contribution in [0.2, 0.25) is 0 Å². The first kappa shape index (κ1) is 23.4. The highest BCUT2D eigenvalue weighted by Gasteiger charge is 2.31. The van der Waals surface area contributed by atoms with E-state index >= 15 is 0 Å². The minimum Gasteiger partial charge on any atom is -0.455 e. The molecule has 1 N–H and O–H groups in total. The molecule has 32 heavy (non-hydrogen) atoms. The van der Waals surface area contributed by atoms with Gasteiger partial charge in [-0.05, 0) is 49.2 Å². The highest BCUT2D eigenvalue weighted by Crippen LogP contribution is 2.32. The smallest absolute Gasteiger partial charge is 0.455 e. The number of para-hydroxylation sites is 2. The number of likely N-dealkylation sites (tertiary alicyclic amines) is 1. The Bertz CT molecular complexity index is 937. The summed E-state index contributed by atoms with van der Waals surface area (Å²) in [4.78, 5) is 26.7. The van der Waals surface area contributed by atoms with E-state index < -0.39 is 6.36 Å². The highest BCUT2D eigenvalue weighted by molar-refractivity contribution is 5.94. The second-order valence-corrected chi connectivity index (χ2v) is 7.86. The van der Waals surface area contributed by atoms with Gasteiger partial charge in [-0.1, -0.05) is 26.0 Å². The van der Waals surface area contributed by atoms with Crippen molar-refractivity contribution in [1.82, 2.24) is 4.90 Å². The first-order valence-corrected chi connectivity index (χ1v) is 10.3. The molecular formula is C23H25F3N2O4. The quantitative estimate of drug-likeness (QED) is 0.656. The van der Waals surface area contributed by atoms with Gasteiger partial charge in [0.1, 0.15) is 11.5 Å². The van der Waals surface area contributed by atoms with Crippen LogP contribution in [0, 0.1) is 11.8 Å². The summed E-state index contributed by atoms with van der Waals surface area (Å²) in [6, 6.07) is 11.8. The third kappa shape index (κ3) is 6.38. The van der Waals surface area contributed by atoms with Crippen LogP contribution in [0.3, 0.4) is 0 Å². The summed E-state index contributed by atoms with van der Waals surface area (Å²) >= 11 is 0. The molecule has 9 heteroatoms. The lowest BCUT2D eigenvalue weighted by atomic mass is 9.95. The first-order chi connectivity index (χ1) is 15.1. The van der Waals surface area contributed by atoms with Crippen molar-refractivity contribution in [2.24, 2.45) is 11.8 Å². The van der Waals surface area contributed by atoms with Crippen molar-refractivity contribution in [1.29, 1.82) is 0 Å². The predicted octanol–water partition coefficient (Wildman–Crippen LogP) is 5.21. The van der Waals surface area contributed by atoms with Crippen molar-refractivity contribution >= 4 is 17.5 Å². The molecule has 1 aliphatic heterocycles. The van der Waals surface area contributed by atoms with Crippen LogP contribution in [-0.4, -0.2) is 36.2 Å². The fraction of sp³-hybridized carbons (Fsp3) is 0.391. The van der Waals surface area contributed by atoms with Gasteiger partial charge in [-0.15, -0.1) is 13.2 Å². The number of hydrogen-bond donors (Lipinski definition) is 1. The van der Waals surface area contributed by atoms with Crippen LogP contribution in [-0.2, 0) is 9.59 Å². The normalized spacial score (nSPS) is 14.9. The Morgan fingerprint density at radius 3 is 2.19 bits per heavy atom. The largest absolute Gasteiger partial charge is 0.573 e. The van der Waals surface area contributed by atoms with Crippen molar-refractivity contribution in [2.45, 2.75) is 33.1 Å². The first-order valence-electron chi connectivity index (χ1n) is 10.3. The average Bonchev–Trinajstić information content (AvgIpc) is 2.75. The van der Waals surface area contributed by atoms with Crippen molar-refractivity contribution in [2.75, 3.05) is 18.4 Å². The molecule has 0 aliphatic carbocycles. The fourth-order valence-corrected chi connectivity index (χ4v) is 3.46. The van der Waals surface area contributed by atoms with E-state index in [0.717, 1.165) is 12.1 Å². The van der Waals surface area contributed by atoms with Crippen LogP contribution in [0.25, 0.3) is 0 Å². The summed E-state index contributed by atoms with van der Waals surface area (Å²) in [5.74, 6) is -0.0642. The standard InChI is InChI=1S/C23H25F3N2O4/c1-15(2)22(30)28-13-11-16(12-14-28)21(29)27-19-5-3-4-6-20(19)31-17-7-9-18(10-8-17)32-23(24,25)26/h3-10,15-16H,11-14H2,1-2H3,(H,27,29). The number of carbonyl (C=O) groups excluding carboxylic acids is 2. The van der Waals surface area contributed by atoms with E-state index in [0.29, 0.717) is 43.1 Å². The zero-order valence-electron chi connectivity index (χ0n) is 17.8. The highest BCUT2D eigenvalue weighted by atomic mass is 19.4. The molecule has 1 saturated heterocycles. The van der Waals surface area contributed by atoms with Gasteiger partial charge in [-0.2, -0.15) is 0 Å². The fourth-order valence-electron chi connectivity index (χ4n) is 3.46. The van der Waals surface area contributed by atoms with Crippen molar-refractivity contribution in [3.8, 4) is 17.2 Å². The zero-order chi connectivity index (χ0) is 23.3. The number of alkyl halides is 3. The monoisotopic (exact) mass is 450 g/mol. The minimum atomic E-state index is -4.77. The summed E-state index contributed by atoms with van der Waals surface area (Å²) in [5.41, 5.74) is 0.453. The third-order valence-electron chi connectivity index (χ3n) is 5.10. The summed E-state index contributed by atoms with van der Waals surface area (Å²) in [7, 11) is 0. The van der Waals surface area contributed by atoms with E-state index in [2.05, 4.69) is 10.1 Å². The molecule has 172 valence electrons. The molecule has 2 aromatic rings. The molecule has 6 nitrogen and oxygen atoms in total. The molecule has 0 bridgehead atoms. The van der Waals surface area contributed by atoms with E-state index in [9.17, 15) is 22.8 Å². The lowest BCUT2D eigenvalue weighted by Crippen LogP contribution is -2.43. The second kappa shape index (κ2) is 9.93. The molecule has 0 atom stereocenters. The Labute approximate surface area is 184 Å². The van der Waals surface area contributed by atoms with Gasteiger partial charge in [0.15, 0.2) is 5.75 Å². The summed E-state index contributed by atoms with van der Waals surface area (Å²) in [5, 5.41) is 2.87. The molecule has 0 saturated carbocycles. The van der Waals surface area contributed by atoms with Crippen LogP contribution >= 0.6 is 0 Å². The SMILES string of the molecule is CC(C)C(=O)N1CCC(C(=O)Nc2ccccc2Oc2ccc(OC(F)(F)F)cc2)CC1. The van der Waals surface area contributed by atoms with Gasteiger partial charge in [0.2, 0.25) is 11.8 Å². The molecule has 2 aromatic carbocycles.